The highest BCUT2D eigenvalue weighted by Gasteiger charge is 2.24. The summed E-state index contributed by atoms with van der Waals surface area (Å²) in [5.41, 5.74) is 3.26. The highest BCUT2D eigenvalue weighted by Crippen LogP contribution is 2.29. The zero-order valence-corrected chi connectivity index (χ0v) is 22.0. The van der Waals surface area contributed by atoms with Crippen LogP contribution >= 0.6 is 0 Å². The van der Waals surface area contributed by atoms with Crippen molar-refractivity contribution >= 4 is 5.97 Å². The van der Waals surface area contributed by atoms with E-state index in [0.717, 1.165) is 41.8 Å². The zero-order chi connectivity index (χ0) is 26.3. The number of aryl methyl sites for hydroxylation is 1. The Morgan fingerprint density at radius 3 is 2.47 bits per heavy atom. The van der Waals surface area contributed by atoms with Gasteiger partial charge in [-0.2, -0.15) is 5.26 Å². The van der Waals surface area contributed by atoms with Crippen LogP contribution in [0, 0.1) is 11.3 Å². The summed E-state index contributed by atoms with van der Waals surface area (Å²) in [4.78, 5) is 17.9. The second-order valence-corrected chi connectivity index (χ2v) is 10.1. The van der Waals surface area contributed by atoms with Crippen LogP contribution in [-0.4, -0.2) is 26.2 Å². The van der Waals surface area contributed by atoms with Crippen LogP contribution in [0.25, 0.3) is 11.1 Å². The van der Waals surface area contributed by atoms with Crippen molar-refractivity contribution in [3.05, 3.63) is 76.9 Å². The Labute approximate surface area is 214 Å². The van der Waals surface area contributed by atoms with Gasteiger partial charge >= 0.3 is 5.97 Å². The van der Waals surface area contributed by atoms with Crippen LogP contribution in [-0.2, 0) is 17.7 Å². The molecule has 0 spiro atoms. The van der Waals surface area contributed by atoms with Gasteiger partial charge in [-0.05, 0) is 56.4 Å². The second-order valence-electron chi connectivity index (χ2n) is 10.1. The highest BCUT2D eigenvalue weighted by molar-refractivity contribution is 5.97. The smallest absolute Gasteiger partial charge is 0.339 e. The molecule has 0 aliphatic rings. The molecule has 1 atom stereocenters. The molecule has 0 radical (unpaired) electrons. The summed E-state index contributed by atoms with van der Waals surface area (Å²) in [7, 11) is 0. The number of hydrogen-bond donors (Lipinski definition) is 1. The molecular formula is C30H37N3O3. The maximum absolute atomic E-state index is 13.2. The molecule has 2 aromatic carbocycles. The lowest BCUT2D eigenvalue weighted by Gasteiger charge is -2.21. The van der Waals surface area contributed by atoms with Gasteiger partial charge in [0, 0.05) is 6.42 Å². The number of aromatic nitrogens is 2. The predicted octanol–water partition coefficient (Wildman–Crippen LogP) is 6.60. The van der Waals surface area contributed by atoms with Crippen molar-refractivity contribution in [2.75, 3.05) is 0 Å². The standard InChI is InChI=1S/C30H37N3O3/c1-6-8-15-27-32-28(26(34)12-7-2)25(19-31)33(27)20-21-16-17-23(22-13-10-9-11-14-22)24(18-21)29(35)36-30(3,4)5/h9-11,13-14,16-18,26,34H,6-8,12,15,20H2,1-5H3. The molecule has 1 aromatic heterocycles. The second kappa shape index (κ2) is 12.0. The Morgan fingerprint density at radius 2 is 1.86 bits per heavy atom. The Balaban J connectivity index is 2.09. The first-order valence-corrected chi connectivity index (χ1v) is 12.8. The van der Waals surface area contributed by atoms with Gasteiger partial charge in [0.2, 0.25) is 0 Å². The minimum atomic E-state index is -0.774. The van der Waals surface area contributed by atoms with Gasteiger partial charge in [0.15, 0.2) is 0 Å². The van der Waals surface area contributed by atoms with E-state index in [0.29, 0.717) is 36.3 Å². The Kier molecular flexibility index (Phi) is 9.06. The SMILES string of the molecule is CCCCc1nc(C(O)CCC)c(C#N)n1Cc1ccc(-c2ccccc2)c(C(=O)OC(C)(C)C)c1. The third kappa shape index (κ3) is 6.61. The van der Waals surface area contributed by atoms with E-state index in [4.69, 9.17) is 9.72 Å². The van der Waals surface area contributed by atoms with Gasteiger partial charge in [-0.1, -0.05) is 69.2 Å². The summed E-state index contributed by atoms with van der Waals surface area (Å²) in [5.74, 6) is 0.393. The highest BCUT2D eigenvalue weighted by atomic mass is 16.6. The molecule has 3 rings (SSSR count). The normalized spacial score (nSPS) is 12.2. The van der Waals surface area contributed by atoms with Crippen LogP contribution in [0.2, 0.25) is 0 Å². The molecule has 190 valence electrons. The molecule has 36 heavy (non-hydrogen) atoms. The first kappa shape index (κ1) is 27.2. The Morgan fingerprint density at radius 1 is 1.14 bits per heavy atom. The van der Waals surface area contributed by atoms with Gasteiger partial charge in [0.1, 0.15) is 28.9 Å². The van der Waals surface area contributed by atoms with Gasteiger partial charge < -0.3 is 14.4 Å². The average Bonchev–Trinajstić information content (AvgIpc) is 3.19. The van der Waals surface area contributed by atoms with E-state index in [1.54, 1.807) is 0 Å². The van der Waals surface area contributed by atoms with Crippen LogP contribution in [0.3, 0.4) is 0 Å². The number of ether oxygens (including phenoxy) is 1. The quantitative estimate of drug-likeness (QED) is 0.325. The fourth-order valence-electron chi connectivity index (χ4n) is 4.22. The van der Waals surface area contributed by atoms with Gasteiger partial charge in [-0.25, -0.2) is 9.78 Å². The minimum Gasteiger partial charge on any atom is -0.456 e. The molecular weight excluding hydrogens is 450 g/mol. The zero-order valence-electron chi connectivity index (χ0n) is 22.0. The summed E-state index contributed by atoms with van der Waals surface area (Å²) < 4.78 is 7.62. The van der Waals surface area contributed by atoms with E-state index in [2.05, 4.69) is 13.0 Å². The molecule has 0 bridgehead atoms. The molecule has 1 unspecified atom stereocenters. The van der Waals surface area contributed by atoms with E-state index in [1.807, 2.05) is 80.8 Å². The lowest BCUT2D eigenvalue weighted by atomic mass is 9.97. The third-order valence-corrected chi connectivity index (χ3v) is 5.94. The molecule has 3 aromatic rings. The van der Waals surface area contributed by atoms with Crippen LogP contribution < -0.4 is 0 Å². The fourth-order valence-corrected chi connectivity index (χ4v) is 4.22. The number of aliphatic hydroxyl groups excluding tert-OH is 1. The van der Waals surface area contributed by atoms with E-state index < -0.39 is 11.7 Å². The average molecular weight is 488 g/mol. The van der Waals surface area contributed by atoms with Crippen molar-refractivity contribution in [1.82, 2.24) is 9.55 Å². The number of carbonyl (C=O) groups excluding carboxylic acids is 1. The predicted molar refractivity (Wildman–Crippen MR) is 142 cm³/mol. The first-order chi connectivity index (χ1) is 17.2. The van der Waals surface area contributed by atoms with Crippen LogP contribution in [0.4, 0.5) is 0 Å². The van der Waals surface area contributed by atoms with Gasteiger partial charge in [0.25, 0.3) is 0 Å². The number of aliphatic hydroxyl groups is 1. The van der Waals surface area contributed by atoms with E-state index >= 15 is 0 Å². The molecule has 6 heteroatoms. The molecule has 1 N–H and O–H groups in total. The summed E-state index contributed by atoms with van der Waals surface area (Å²) in [6, 6.07) is 17.8. The largest absolute Gasteiger partial charge is 0.456 e. The monoisotopic (exact) mass is 487 g/mol. The number of imidazole rings is 1. The van der Waals surface area contributed by atoms with Crippen LogP contribution in [0.15, 0.2) is 48.5 Å². The van der Waals surface area contributed by atoms with Crippen molar-refractivity contribution in [1.29, 1.82) is 5.26 Å². The first-order valence-electron chi connectivity index (χ1n) is 12.8. The molecule has 0 fully saturated rings. The van der Waals surface area contributed by atoms with Crippen molar-refractivity contribution in [3.8, 4) is 17.2 Å². The fraction of sp³-hybridized carbons (Fsp3) is 0.433. The number of rotatable bonds is 10. The van der Waals surface area contributed by atoms with E-state index in [1.165, 1.54) is 0 Å². The van der Waals surface area contributed by atoms with E-state index in [9.17, 15) is 15.2 Å². The number of carbonyl (C=O) groups is 1. The lowest BCUT2D eigenvalue weighted by Crippen LogP contribution is -2.24. The van der Waals surface area contributed by atoms with Crippen molar-refractivity contribution in [2.45, 2.75) is 85.0 Å². The summed E-state index contributed by atoms with van der Waals surface area (Å²) in [5, 5.41) is 20.7. The Bertz CT molecular complexity index is 1220. The number of hydrogen-bond acceptors (Lipinski definition) is 5. The topological polar surface area (TPSA) is 88.1 Å². The summed E-state index contributed by atoms with van der Waals surface area (Å²) in [6.45, 7) is 10.0. The maximum atomic E-state index is 13.2. The molecule has 6 nitrogen and oxygen atoms in total. The van der Waals surface area contributed by atoms with Gasteiger partial charge in [-0.15, -0.1) is 0 Å². The van der Waals surface area contributed by atoms with E-state index in [-0.39, 0.29) is 5.97 Å². The molecule has 0 saturated heterocycles. The molecule has 0 aliphatic carbocycles. The summed E-state index contributed by atoms with van der Waals surface area (Å²) >= 11 is 0. The molecule has 1 heterocycles. The molecule has 0 amide bonds. The number of nitriles is 1. The van der Waals surface area contributed by atoms with Crippen molar-refractivity contribution in [3.63, 3.8) is 0 Å². The minimum absolute atomic E-state index is 0.374. The molecule has 0 saturated carbocycles. The number of esters is 1. The van der Waals surface area contributed by atoms with Gasteiger partial charge in [-0.3, -0.25) is 0 Å². The molecule has 0 aliphatic heterocycles. The number of nitrogens with zero attached hydrogens (tertiary/aromatic N) is 3. The van der Waals surface area contributed by atoms with Crippen molar-refractivity contribution in [2.24, 2.45) is 0 Å². The third-order valence-electron chi connectivity index (χ3n) is 5.94. The van der Waals surface area contributed by atoms with Crippen LogP contribution in [0.1, 0.15) is 99.5 Å². The lowest BCUT2D eigenvalue weighted by molar-refractivity contribution is 0.00703. The number of unbranched alkanes of at least 4 members (excludes halogenated alkanes) is 1. The van der Waals surface area contributed by atoms with Crippen molar-refractivity contribution < 1.29 is 14.6 Å². The number of benzene rings is 2. The van der Waals surface area contributed by atoms with Gasteiger partial charge in [0.05, 0.1) is 18.2 Å². The Hall–Kier alpha value is -3.43. The van der Waals surface area contributed by atoms with Crippen LogP contribution in [0.5, 0.6) is 0 Å². The summed E-state index contributed by atoms with van der Waals surface area (Å²) in [6.07, 6.45) is 3.21. The maximum Gasteiger partial charge on any atom is 0.339 e.